The molecule has 1 aromatic carbocycles. The van der Waals surface area contributed by atoms with E-state index in [0.29, 0.717) is 13.0 Å². The topological polar surface area (TPSA) is 49.4 Å². The van der Waals surface area contributed by atoms with E-state index in [1.54, 1.807) is 4.90 Å². The number of amides is 2. The quantitative estimate of drug-likeness (QED) is 0.925. The van der Waals surface area contributed by atoms with Crippen LogP contribution in [0, 0.1) is 0 Å². The molecular formula is C14H17BrN2O2. The van der Waals surface area contributed by atoms with Crippen LogP contribution in [-0.4, -0.2) is 28.8 Å². The van der Waals surface area contributed by atoms with Gasteiger partial charge in [0.1, 0.15) is 5.54 Å². The highest BCUT2D eigenvalue weighted by Gasteiger charge is 2.43. The third-order valence-electron chi connectivity index (χ3n) is 3.70. The highest BCUT2D eigenvalue weighted by molar-refractivity contribution is 9.10. The largest absolute Gasteiger partial charge is 0.345 e. The predicted molar refractivity (Wildman–Crippen MR) is 76.4 cm³/mol. The van der Waals surface area contributed by atoms with E-state index >= 15 is 0 Å². The number of benzene rings is 1. The van der Waals surface area contributed by atoms with Gasteiger partial charge in [0.05, 0.1) is 6.54 Å². The minimum absolute atomic E-state index is 0.0380. The van der Waals surface area contributed by atoms with Crippen LogP contribution < -0.4 is 5.32 Å². The molecule has 0 spiro atoms. The molecule has 1 atom stereocenters. The molecule has 0 aromatic heterocycles. The van der Waals surface area contributed by atoms with E-state index in [9.17, 15) is 9.59 Å². The Morgan fingerprint density at radius 3 is 2.79 bits per heavy atom. The third-order valence-corrected chi connectivity index (χ3v) is 4.20. The molecule has 1 heterocycles. The van der Waals surface area contributed by atoms with Crippen molar-refractivity contribution < 1.29 is 9.59 Å². The van der Waals surface area contributed by atoms with Gasteiger partial charge in [-0.25, -0.2) is 0 Å². The molecule has 0 aliphatic carbocycles. The number of hydrogen-bond donors (Lipinski definition) is 1. The van der Waals surface area contributed by atoms with Crippen LogP contribution >= 0.6 is 15.9 Å². The number of halogens is 1. The fourth-order valence-corrected chi connectivity index (χ4v) is 2.72. The normalized spacial score (nSPS) is 23.4. The Morgan fingerprint density at radius 2 is 2.16 bits per heavy atom. The Hall–Kier alpha value is -1.36. The summed E-state index contributed by atoms with van der Waals surface area (Å²) in [7, 11) is 0. The van der Waals surface area contributed by atoms with Crippen LogP contribution in [0.25, 0.3) is 0 Å². The summed E-state index contributed by atoms with van der Waals surface area (Å²) < 4.78 is 0.970. The van der Waals surface area contributed by atoms with Gasteiger partial charge in [-0.2, -0.15) is 0 Å². The maximum atomic E-state index is 12.1. The lowest BCUT2D eigenvalue weighted by molar-refractivity contribution is -0.153. The molecule has 5 heteroatoms. The van der Waals surface area contributed by atoms with Gasteiger partial charge in [-0.1, -0.05) is 35.0 Å². The summed E-state index contributed by atoms with van der Waals surface area (Å²) in [6.45, 7) is 4.28. The van der Waals surface area contributed by atoms with E-state index in [-0.39, 0.29) is 18.4 Å². The van der Waals surface area contributed by atoms with Crippen LogP contribution in [0.4, 0.5) is 0 Å². The highest BCUT2D eigenvalue weighted by atomic mass is 79.9. The molecule has 2 rings (SSSR count). The molecule has 0 saturated carbocycles. The first kappa shape index (κ1) is 14.1. The molecular weight excluding hydrogens is 308 g/mol. The summed E-state index contributed by atoms with van der Waals surface area (Å²) in [6.07, 6.45) is 0.596. The maximum absolute atomic E-state index is 12.1. The Balaban J connectivity index is 2.29. The van der Waals surface area contributed by atoms with Gasteiger partial charge >= 0.3 is 0 Å². The number of nitrogens with zero attached hydrogens (tertiary/aromatic N) is 1. The summed E-state index contributed by atoms with van der Waals surface area (Å²) in [5.41, 5.74) is 0.245. The zero-order valence-electron chi connectivity index (χ0n) is 11.1. The number of carbonyl (C=O) groups is 2. The Morgan fingerprint density at radius 1 is 1.42 bits per heavy atom. The first-order chi connectivity index (χ1) is 8.97. The zero-order chi connectivity index (χ0) is 14.0. The van der Waals surface area contributed by atoms with E-state index in [1.807, 2.05) is 38.1 Å². The zero-order valence-corrected chi connectivity index (χ0v) is 12.7. The van der Waals surface area contributed by atoms with Crippen LogP contribution in [0.1, 0.15) is 25.8 Å². The average molecular weight is 325 g/mol. The van der Waals surface area contributed by atoms with Crippen molar-refractivity contribution in [1.82, 2.24) is 10.2 Å². The number of carbonyl (C=O) groups excluding carboxylic acids is 2. The summed E-state index contributed by atoms with van der Waals surface area (Å²) in [6, 6.07) is 7.79. The molecule has 2 amide bonds. The Kier molecular flexibility index (Phi) is 3.94. The average Bonchev–Trinajstić information content (AvgIpc) is 2.39. The SMILES string of the molecule is CCC1(C)C(=O)NCC(=O)N1Cc1cccc(Br)c1. The molecule has 19 heavy (non-hydrogen) atoms. The molecule has 1 N–H and O–H groups in total. The molecule has 1 aromatic rings. The van der Waals surface area contributed by atoms with Gasteiger partial charge in [-0.15, -0.1) is 0 Å². The fourth-order valence-electron chi connectivity index (χ4n) is 2.27. The molecule has 1 unspecified atom stereocenters. The van der Waals surface area contributed by atoms with Crippen molar-refractivity contribution in [3.8, 4) is 0 Å². The summed E-state index contributed by atoms with van der Waals surface area (Å²) >= 11 is 3.42. The van der Waals surface area contributed by atoms with Crippen molar-refractivity contribution in [3.05, 3.63) is 34.3 Å². The second-order valence-electron chi connectivity index (χ2n) is 4.92. The molecule has 102 valence electrons. The predicted octanol–water partition coefficient (Wildman–Crippen LogP) is 2.08. The highest BCUT2D eigenvalue weighted by Crippen LogP contribution is 2.26. The van der Waals surface area contributed by atoms with E-state index in [4.69, 9.17) is 0 Å². The van der Waals surface area contributed by atoms with Crippen molar-refractivity contribution in [3.63, 3.8) is 0 Å². The van der Waals surface area contributed by atoms with Gasteiger partial charge < -0.3 is 10.2 Å². The number of nitrogens with one attached hydrogen (secondary N) is 1. The summed E-state index contributed by atoms with van der Waals surface area (Å²) in [5.74, 6) is -0.117. The Labute approximate surface area is 121 Å². The first-order valence-corrected chi connectivity index (χ1v) is 7.10. The lowest BCUT2D eigenvalue weighted by Crippen LogP contribution is -2.65. The van der Waals surface area contributed by atoms with Crippen molar-refractivity contribution in [2.75, 3.05) is 6.54 Å². The molecule has 0 bridgehead atoms. The second-order valence-corrected chi connectivity index (χ2v) is 5.84. The smallest absolute Gasteiger partial charge is 0.246 e. The van der Waals surface area contributed by atoms with Crippen LogP contribution in [0.15, 0.2) is 28.7 Å². The molecule has 1 aliphatic heterocycles. The van der Waals surface area contributed by atoms with E-state index in [0.717, 1.165) is 10.0 Å². The van der Waals surface area contributed by atoms with Crippen molar-refractivity contribution in [2.24, 2.45) is 0 Å². The summed E-state index contributed by atoms with van der Waals surface area (Å²) in [5, 5.41) is 2.66. The minimum Gasteiger partial charge on any atom is -0.345 e. The molecule has 1 fully saturated rings. The van der Waals surface area contributed by atoms with Gasteiger partial charge in [-0.3, -0.25) is 9.59 Å². The molecule has 1 saturated heterocycles. The monoisotopic (exact) mass is 324 g/mol. The standard InChI is InChI=1S/C14H17BrN2O2/c1-3-14(2)13(19)16-8-12(18)17(14)9-10-5-4-6-11(15)7-10/h4-7H,3,8-9H2,1-2H3,(H,16,19). The van der Waals surface area contributed by atoms with Crippen LogP contribution in [0.3, 0.4) is 0 Å². The van der Waals surface area contributed by atoms with Crippen molar-refractivity contribution in [1.29, 1.82) is 0 Å². The maximum Gasteiger partial charge on any atom is 0.246 e. The van der Waals surface area contributed by atoms with Crippen LogP contribution in [0.2, 0.25) is 0 Å². The Bertz CT molecular complexity index is 518. The first-order valence-electron chi connectivity index (χ1n) is 6.30. The van der Waals surface area contributed by atoms with Gasteiger partial charge in [0, 0.05) is 11.0 Å². The van der Waals surface area contributed by atoms with Gasteiger partial charge in [0.25, 0.3) is 0 Å². The minimum atomic E-state index is -0.766. The lowest BCUT2D eigenvalue weighted by Gasteiger charge is -2.43. The number of piperazine rings is 1. The van der Waals surface area contributed by atoms with E-state index in [2.05, 4.69) is 21.2 Å². The van der Waals surface area contributed by atoms with Crippen LogP contribution in [0.5, 0.6) is 0 Å². The molecule has 1 aliphatic rings. The molecule has 4 nitrogen and oxygen atoms in total. The van der Waals surface area contributed by atoms with Gasteiger partial charge in [0.2, 0.25) is 11.8 Å². The number of hydrogen-bond acceptors (Lipinski definition) is 2. The summed E-state index contributed by atoms with van der Waals surface area (Å²) in [4.78, 5) is 25.8. The van der Waals surface area contributed by atoms with Gasteiger partial charge in [0.15, 0.2) is 0 Å². The van der Waals surface area contributed by atoms with Crippen molar-refractivity contribution in [2.45, 2.75) is 32.4 Å². The fraction of sp³-hybridized carbons (Fsp3) is 0.429. The van der Waals surface area contributed by atoms with E-state index in [1.165, 1.54) is 0 Å². The van der Waals surface area contributed by atoms with Crippen LogP contribution in [-0.2, 0) is 16.1 Å². The third kappa shape index (κ3) is 2.66. The second kappa shape index (κ2) is 5.33. The van der Waals surface area contributed by atoms with Crippen molar-refractivity contribution >= 4 is 27.7 Å². The van der Waals surface area contributed by atoms with E-state index < -0.39 is 5.54 Å². The lowest BCUT2D eigenvalue weighted by atomic mass is 9.92. The molecule has 0 radical (unpaired) electrons. The number of rotatable bonds is 3. The van der Waals surface area contributed by atoms with Gasteiger partial charge in [-0.05, 0) is 31.0 Å².